The number of nitrogens with zero attached hydrogens (tertiary/aromatic N) is 4. The van der Waals surface area contributed by atoms with Crippen molar-refractivity contribution in [3.63, 3.8) is 0 Å². The van der Waals surface area contributed by atoms with Gasteiger partial charge in [0.1, 0.15) is 0 Å². The predicted octanol–water partition coefficient (Wildman–Crippen LogP) is 3.83. The minimum absolute atomic E-state index is 0.542. The minimum Gasteiger partial charge on any atom is -0.255 e. The fraction of sp³-hybridized carbons (Fsp3) is 0. The van der Waals surface area contributed by atoms with Gasteiger partial charge in [-0.2, -0.15) is 0 Å². The molecule has 0 aliphatic carbocycles. The third kappa shape index (κ3) is 1.37. The van der Waals surface area contributed by atoms with Gasteiger partial charge in [-0.1, -0.05) is 28.8 Å². The summed E-state index contributed by atoms with van der Waals surface area (Å²) in [4.78, 5) is 6.85. The number of hydrogen-bond donors (Lipinski definition) is 0. The quantitative estimate of drug-likeness (QED) is 0.396. The molecule has 1 heterocycles. The number of fused-ring (bicyclic) bond motifs is 1. The van der Waals surface area contributed by atoms with Crippen LogP contribution in [0, 0.1) is 0 Å². The van der Waals surface area contributed by atoms with Gasteiger partial charge in [0.15, 0.2) is 0 Å². The predicted molar refractivity (Wildman–Crippen MR) is 55.6 cm³/mol. The average Bonchev–Trinajstić information content (AvgIpc) is 2.23. The van der Waals surface area contributed by atoms with E-state index in [1.807, 2.05) is 6.07 Å². The fourth-order valence-corrected chi connectivity index (χ4v) is 1.47. The summed E-state index contributed by atoms with van der Waals surface area (Å²) in [5, 5.41) is 4.87. The highest BCUT2D eigenvalue weighted by Gasteiger charge is 2.02. The average molecular weight is 205 g/mol. The molecule has 0 unspecified atom stereocenters. The van der Waals surface area contributed by atoms with E-state index in [9.17, 15) is 0 Å². The molecule has 0 fully saturated rings. The number of aromatic nitrogens is 1. The van der Waals surface area contributed by atoms with Crippen molar-refractivity contribution in [1.29, 1.82) is 0 Å². The fourth-order valence-electron chi connectivity index (χ4n) is 1.26. The van der Waals surface area contributed by atoms with Gasteiger partial charge >= 0.3 is 0 Å². The summed E-state index contributed by atoms with van der Waals surface area (Å²) in [6.45, 7) is 0. The zero-order valence-corrected chi connectivity index (χ0v) is 7.81. The van der Waals surface area contributed by atoms with E-state index in [0.29, 0.717) is 16.2 Å². The largest absolute Gasteiger partial charge is 0.255 e. The molecule has 2 aromatic rings. The molecule has 1 aromatic carbocycles. The van der Waals surface area contributed by atoms with Crippen molar-refractivity contribution in [3.05, 3.63) is 45.9 Å². The second-order valence-electron chi connectivity index (χ2n) is 2.66. The maximum atomic E-state index is 8.35. The highest BCUT2D eigenvalue weighted by Crippen LogP contribution is 2.29. The molecule has 4 nitrogen and oxygen atoms in total. The Kier molecular flexibility index (Phi) is 2.23. The van der Waals surface area contributed by atoms with Crippen LogP contribution in [0.1, 0.15) is 0 Å². The van der Waals surface area contributed by atoms with Crippen molar-refractivity contribution in [2.45, 2.75) is 0 Å². The van der Waals surface area contributed by atoms with Gasteiger partial charge in [-0.15, -0.1) is 0 Å². The third-order valence-electron chi connectivity index (χ3n) is 1.85. The van der Waals surface area contributed by atoms with E-state index in [0.717, 1.165) is 5.39 Å². The topological polar surface area (TPSA) is 61.7 Å². The van der Waals surface area contributed by atoms with E-state index in [-0.39, 0.29) is 0 Å². The van der Waals surface area contributed by atoms with Crippen LogP contribution in [0.5, 0.6) is 0 Å². The van der Waals surface area contributed by atoms with E-state index >= 15 is 0 Å². The Hall–Kier alpha value is -1.77. The lowest BCUT2D eigenvalue weighted by Crippen LogP contribution is -1.78. The van der Waals surface area contributed by atoms with Crippen molar-refractivity contribution in [3.8, 4) is 0 Å². The Morgan fingerprint density at radius 3 is 3.00 bits per heavy atom. The Labute approximate surface area is 84.8 Å². The van der Waals surface area contributed by atoms with E-state index in [1.165, 1.54) is 0 Å². The van der Waals surface area contributed by atoms with Crippen molar-refractivity contribution in [1.82, 2.24) is 4.98 Å². The van der Waals surface area contributed by atoms with E-state index < -0.39 is 0 Å². The Morgan fingerprint density at radius 2 is 2.21 bits per heavy atom. The molecule has 0 radical (unpaired) electrons. The standard InChI is InChI=1S/C9H5ClN4/c10-7-3-4-8(13-14-11)6-2-1-5-12-9(6)7/h1-5H. The summed E-state index contributed by atoms with van der Waals surface area (Å²) in [5.41, 5.74) is 9.55. The van der Waals surface area contributed by atoms with Gasteiger partial charge in [0.05, 0.1) is 10.5 Å². The van der Waals surface area contributed by atoms with Crippen LogP contribution in [0.3, 0.4) is 0 Å². The van der Waals surface area contributed by atoms with Crippen LogP contribution in [-0.4, -0.2) is 4.98 Å². The molecule has 0 saturated heterocycles. The molecule has 1 aromatic heterocycles. The van der Waals surface area contributed by atoms with Crippen LogP contribution in [0.15, 0.2) is 35.6 Å². The van der Waals surface area contributed by atoms with Gasteiger partial charge in [-0.25, -0.2) is 0 Å². The van der Waals surface area contributed by atoms with Crippen molar-refractivity contribution in [2.75, 3.05) is 0 Å². The smallest absolute Gasteiger partial charge is 0.0892 e. The highest BCUT2D eigenvalue weighted by atomic mass is 35.5. The van der Waals surface area contributed by atoms with Crippen molar-refractivity contribution >= 4 is 28.2 Å². The van der Waals surface area contributed by atoms with Crippen LogP contribution in [0.25, 0.3) is 21.3 Å². The molecule has 2 rings (SSSR count). The minimum atomic E-state index is 0.542. The zero-order valence-electron chi connectivity index (χ0n) is 7.05. The van der Waals surface area contributed by atoms with Crippen molar-refractivity contribution in [2.24, 2.45) is 5.11 Å². The number of halogens is 1. The van der Waals surface area contributed by atoms with Gasteiger partial charge in [-0.05, 0) is 17.7 Å². The van der Waals surface area contributed by atoms with E-state index in [2.05, 4.69) is 15.0 Å². The molecule has 0 bridgehead atoms. The van der Waals surface area contributed by atoms with Gasteiger partial charge in [0, 0.05) is 22.2 Å². The van der Waals surface area contributed by atoms with E-state index in [1.54, 1.807) is 24.4 Å². The molecule has 14 heavy (non-hydrogen) atoms. The van der Waals surface area contributed by atoms with Crippen molar-refractivity contribution < 1.29 is 0 Å². The monoisotopic (exact) mass is 204 g/mol. The normalized spacial score (nSPS) is 9.79. The Balaban J connectivity index is 2.88. The van der Waals surface area contributed by atoms with Gasteiger partial charge < -0.3 is 0 Å². The summed E-state index contributed by atoms with van der Waals surface area (Å²) < 4.78 is 0. The summed E-state index contributed by atoms with van der Waals surface area (Å²) in [6.07, 6.45) is 1.65. The Morgan fingerprint density at radius 1 is 1.36 bits per heavy atom. The first kappa shape index (κ1) is 8.81. The number of benzene rings is 1. The lowest BCUT2D eigenvalue weighted by molar-refractivity contribution is 1.40. The van der Waals surface area contributed by atoms with Crippen LogP contribution in [0.2, 0.25) is 5.02 Å². The molecule has 0 amide bonds. The summed E-state index contributed by atoms with van der Waals surface area (Å²) in [5.74, 6) is 0. The highest BCUT2D eigenvalue weighted by molar-refractivity contribution is 6.35. The zero-order chi connectivity index (χ0) is 9.97. The molecular formula is C9H5ClN4. The first-order chi connectivity index (χ1) is 6.83. The van der Waals surface area contributed by atoms with Crippen LogP contribution in [0.4, 0.5) is 5.69 Å². The first-order valence-corrected chi connectivity index (χ1v) is 4.29. The van der Waals surface area contributed by atoms with Crippen LogP contribution >= 0.6 is 11.6 Å². The summed E-state index contributed by atoms with van der Waals surface area (Å²) >= 11 is 5.93. The number of rotatable bonds is 1. The maximum absolute atomic E-state index is 8.35. The molecule has 68 valence electrons. The number of azide groups is 1. The molecule has 0 saturated carbocycles. The lowest BCUT2D eigenvalue weighted by atomic mass is 10.2. The van der Waals surface area contributed by atoms with Gasteiger partial charge in [0.2, 0.25) is 0 Å². The molecular weight excluding hydrogens is 200 g/mol. The number of hydrogen-bond acceptors (Lipinski definition) is 2. The van der Waals surface area contributed by atoms with Crippen LogP contribution in [-0.2, 0) is 0 Å². The van der Waals surface area contributed by atoms with Crippen LogP contribution < -0.4 is 0 Å². The lowest BCUT2D eigenvalue weighted by Gasteiger charge is -2.01. The number of pyridine rings is 1. The maximum Gasteiger partial charge on any atom is 0.0892 e. The van der Waals surface area contributed by atoms with Gasteiger partial charge in [-0.3, -0.25) is 4.98 Å². The molecule has 0 spiro atoms. The molecule has 0 aliphatic rings. The molecule has 0 aliphatic heterocycles. The first-order valence-electron chi connectivity index (χ1n) is 3.91. The molecule has 0 atom stereocenters. The summed E-state index contributed by atoms with van der Waals surface area (Å²) in [7, 11) is 0. The third-order valence-corrected chi connectivity index (χ3v) is 2.15. The molecule has 5 heteroatoms. The SMILES string of the molecule is [N-]=[N+]=Nc1ccc(Cl)c2ncccc12. The second kappa shape index (κ2) is 3.54. The summed E-state index contributed by atoms with van der Waals surface area (Å²) in [6, 6.07) is 6.93. The molecule has 0 N–H and O–H groups in total. The second-order valence-corrected chi connectivity index (χ2v) is 3.06. The van der Waals surface area contributed by atoms with E-state index in [4.69, 9.17) is 17.1 Å². The van der Waals surface area contributed by atoms with Gasteiger partial charge in [0.25, 0.3) is 0 Å². The Bertz CT molecular complexity index is 531.